The van der Waals surface area contributed by atoms with Gasteiger partial charge >= 0.3 is 5.97 Å². The fraction of sp³-hybridized carbons (Fsp3) is 0.348. The second kappa shape index (κ2) is 9.42. The van der Waals surface area contributed by atoms with Crippen LogP contribution in [0.15, 0.2) is 60.7 Å². The van der Waals surface area contributed by atoms with Gasteiger partial charge in [-0.2, -0.15) is 0 Å². The van der Waals surface area contributed by atoms with E-state index in [1.54, 1.807) is 19.1 Å². The molecule has 0 aliphatic rings. The number of rotatable bonds is 9. The van der Waals surface area contributed by atoms with Gasteiger partial charge in [0.1, 0.15) is 11.5 Å². The van der Waals surface area contributed by atoms with E-state index >= 15 is 0 Å². The third-order valence-corrected chi connectivity index (χ3v) is 4.49. The summed E-state index contributed by atoms with van der Waals surface area (Å²) in [5, 5.41) is 9.49. The molecule has 0 aliphatic heterocycles. The Balaban J connectivity index is 2.04. The Morgan fingerprint density at radius 2 is 1.61 bits per heavy atom. The number of ether oxygens (including phenoxy) is 3. The Labute approximate surface area is 166 Å². The molecule has 0 aromatic heterocycles. The monoisotopic (exact) mass is 384 g/mol. The van der Waals surface area contributed by atoms with Gasteiger partial charge in [-0.05, 0) is 49.2 Å². The van der Waals surface area contributed by atoms with Crippen LogP contribution in [0.4, 0.5) is 0 Å². The molecule has 0 saturated heterocycles. The molecule has 28 heavy (non-hydrogen) atoms. The number of hydrogen-bond donors (Lipinski definition) is 1. The highest BCUT2D eigenvalue weighted by Crippen LogP contribution is 2.33. The van der Waals surface area contributed by atoms with Gasteiger partial charge < -0.3 is 19.3 Å². The molecule has 0 fully saturated rings. The van der Waals surface area contributed by atoms with Gasteiger partial charge in [-0.1, -0.05) is 44.7 Å². The molecular formula is C23H28O5. The first-order chi connectivity index (χ1) is 13.2. The van der Waals surface area contributed by atoms with Crippen LogP contribution in [0.25, 0.3) is 0 Å². The first-order valence-corrected chi connectivity index (χ1v) is 9.25. The Hall–Kier alpha value is -2.79. The fourth-order valence-electron chi connectivity index (χ4n) is 2.70. The predicted molar refractivity (Wildman–Crippen MR) is 108 cm³/mol. The van der Waals surface area contributed by atoms with Gasteiger partial charge in [0.25, 0.3) is 0 Å². The summed E-state index contributed by atoms with van der Waals surface area (Å²) in [6.45, 7) is 11.7. The quantitative estimate of drug-likeness (QED) is 0.389. The van der Waals surface area contributed by atoms with Crippen molar-refractivity contribution >= 4 is 5.97 Å². The summed E-state index contributed by atoms with van der Waals surface area (Å²) in [7, 11) is 0. The molecule has 2 aromatic rings. The van der Waals surface area contributed by atoms with E-state index in [0.717, 1.165) is 11.1 Å². The molecule has 0 bridgehead atoms. The molecule has 0 heterocycles. The highest BCUT2D eigenvalue weighted by molar-refractivity contribution is 5.87. The number of benzene rings is 2. The topological polar surface area (TPSA) is 65.0 Å². The number of carbonyl (C=O) groups excluding carboxylic acids is 1. The normalized spacial score (nSPS) is 12.3. The van der Waals surface area contributed by atoms with Gasteiger partial charge in [0.15, 0.2) is 6.61 Å². The van der Waals surface area contributed by atoms with Crippen LogP contribution in [0, 0.1) is 0 Å². The van der Waals surface area contributed by atoms with E-state index in [1.807, 2.05) is 43.3 Å². The van der Waals surface area contributed by atoms with E-state index in [9.17, 15) is 9.90 Å². The number of carbonyl (C=O) groups is 1. The van der Waals surface area contributed by atoms with Gasteiger partial charge in [0.2, 0.25) is 6.29 Å². The van der Waals surface area contributed by atoms with Crippen molar-refractivity contribution in [1.82, 2.24) is 0 Å². The molecule has 5 nitrogen and oxygen atoms in total. The molecule has 5 heteroatoms. The Kier molecular flexibility index (Phi) is 7.24. The highest BCUT2D eigenvalue weighted by Gasteiger charge is 2.23. The van der Waals surface area contributed by atoms with Crippen LogP contribution >= 0.6 is 0 Å². The molecule has 0 radical (unpaired) electrons. The average molecular weight is 384 g/mol. The number of phenols is 1. The summed E-state index contributed by atoms with van der Waals surface area (Å²) in [4.78, 5) is 11.7. The molecule has 1 atom stereocenters. The van der Waals surface area contributed by atoms with E-state index < -0.39 is 12.3 Å². The second-order valence-corrected chi connectivity index (χ2v) is 7.08. The number of hydrogen-bond acceptors (Lipinski definition) is 5. The molecule has 0 amide bonds. The Morgan fingerprint density at radius 1 is 1.07 bits per heavy atom. The van der Waals surface area contributed by atoms with E-state index in [4.69, 9.17) is 14.2 Å². The Morgan fingerprint density at radius 3 is 2.11 bits per heavy atom. The van der Waals surface area contributed by atoms with Gasteiger partial charge in [-0.15, -0.1) is 0 Å². The van der Waals surface area contributed by atoms with E-state index in [0.29, 0.717) is 17.9 Å². The van der Waals surface area contributed by atoms with Crippen LogP contribution in [0.1, 0.15) is 38.8 Å². The summed E-state index contributed by atoms with van der Waals surface area (Å²) in [6.07, 6.45) is -0.790. The minimum atomic E-state index is -0.790. The SMILES string of the molecule is C=C(C)C(=O)OC(COc1ccc(C(C)(C)c2ccc(O)cc2)cc1)OCC. The molecule has 2 rings (SSSR count). The summed E-state index contributed by atoms with van der Waals surface area (Å²) < 4.78 is 16.3. The van der Waals surface area contributed by atoms with Crippen LogP contribution in [-0.2, 0) is 19.7 Å². The minimum Gasteiger partial charge on any atom is -0.508 e. The van der Waals surface area contributed by atoms with Crippen molar-refractivity contribution in [3.63, 3.8) is 0 Å². The van der Waals surface area contributed by atoms with E-state index in [-0.39, 0.29) is 17.8 Å². The van der Waals surface area contributed by atoms with E-state index in [2.05, 4.69) is 20.4 Å². The third kappa shape index (κ3) is 5.60. The largest absolute Gasteiger partial charge is 0.508 e. The number of esters is 1. The highest BCUT2D eigenvalue weighted by atomic mass is 16.7. The van der Waals surface area contributed by atoms with Gasteiger partial charge in [0.05, 0.1) is 0 Å². The van der Waals surface area contributed by atoms with Crippen molar-refractivity contribution < 1.29 is 24.1 Å². The van der Waals surface area contributed by atoms with Crippen molar-refractivity contribution in [2.75, 3.05) is 13.2 Å². The van der Waals surface area contributed by atoms with Crippen LogP contribution in [0.2, 0.25) is 0 Å². The predicted octanol–water partition coefficient (Wildman–Crippen LogP) is 4.58. The molecule has 0 saturated carbocycles. The maximum absolute atomic E-state index is 11.7. The molecular weight excluding hydrogens is 356 g/mol. The summed E-state index contributed by atoms with van der Waals surface area (Å²) in [6, 6.07) is 15.0. The summed E-state index contributed by atoms with van der Waals surface area (Å²) in [5.74, 6) is 0.397. The lowest BCUT2D eigenvalue weighted by Gasteiger charge is -2.26. The summed E-state index contributed by atoms with van der Waals surface area (Å²) >= 11 is 0. The second-order valence-electron chi connectivity index (χ2n) is 7.08. The van der Waals surface area contributed by atoms with Gasteiger partial charge in [0, 0.05) is 17.6 Å². The zero-order valence-electron chi connectivity index (χ0n) is 16.9. The van der Waals surface area contributed by atoms with Crippen LogP contribution in [-0.4, -0.2) is 30.6 Å². The van der Waals surface area contributed by atoms with Crippen molar-refractivity contribution in [2.24, 2.45) is 0 Å². The van der Waals surface area contributed by atoms with Crippen molar-refractivity contribution in [3.05, 3.63) is 71.8 Å². The van der Waals surface area contributed by atoms with Gasteiger partial charge in [-0.25, -0.2) is 4.79 Å². The maximum atomic E-state index is 11.7. The maximum Gasteiger partial charge on any atom is 0.335 e. The lowest BCUT2D eigenvalue weighted by molar-refractivity contribution is -0.179. The van der Waals surface area contributed by atoms with Crippen molar-refractivity contribution in [1.29, 1.82) is 0 Å². The minimum absolute atomic E-state index is 0.0908. The molecule has 1 unspecified atom stereocenters. The van der Waals surface area contributed by atoms with Crippen molar-refractivity contribution in [3.8, 4) is 11.5 Å². The molecule has 0 spiro atoms. The molecule has 150 valence electrons. The summed E-state index contributed by atoms with van der Waals surface area (Å²) in [5.41, 5.74) is 2.30. The standard InChI is InChI=1S/C23H28O5/c1-6-26-21(28-22(25)16(2)3)15-27-20-13-9-18(10-14-20)23(4,5)17-7-11-19(24)12-8-17/h7-14,21,24H,2,6,15H2,1,3-5H3. The first-order valence-electron chi connectivity index (χ1n) is 9.25. The zero-order chi connectivity index (χ0) is 20.7. The lowest BCUT2D eigenvalue weighted by Crippen LogP contribution is -2.28. The average Bonchev–Trinajstić information content (AvgIpc) is 2.67. The van der Waals surface area contributed by atoms with E-state index in [1.165, 1.54) is 0 Å². The van der Waals surface area contributed by atoms with Crippen molar-refractivity contribution in [2.45, 2.75) is 39.4 Å². The van der Waals surface area contributed by atoms with Crippen LogP contribution in [0.5, 0.6) is 11.5 Å². The third-order valence-electron chi connectivity index (χ3n) is 4.49. The smallest absolute Gasteiger partial charge is 0.335 e. The van der Waals surface area contributed by atoms with Crippen LogP contribution < -0.4 is 4.74 Å². The van der Waals surface area contributed by atoms with Gasteiger partial charge in [-0.3, -0.25) is 0 Å². The molecule has 1 N–H and O–H groups in total. The number of aromatic hydroxyl groups is 1. The fourth-order valence-corrected chi connectivity index (χ4v) is 2.70. The first kappa shape index (κ1) is 21.5. The van der Waals surface area contributed by atoms with Crippen LogP contribution in [0.3, 0.4) is 0 Å². The Bertz CT molecular complexity index is 791. The zero-order valence-corrected chi connectivity index (χ0v) is 16.9. The molecule has 2 aromatic carbocycles. The molecule has 0 aliphatic carbocycles. The number of phenolic OH excluding ortho intramolecular Hbond substituents is 1. The lowest BCUT2D eigenvalue weighted by atomic mass is 9.78.